The zero-order chi connectivity index (χ0) is 11.7. The third-order valence-electron chi connectivity index (χ3n) is 2.75. The second-order valence-corrected chi connectivity index (χ2v) is 6.82. The fraction of sp³-hybridized carbons (Fsp3) is 0.231. The highest BCUT2D eigenvalue weighted by atomic mass is 79.9. The lowest BCUT2D eigenvalue weighted by Gasteiger charge is -2.03. The Kier molecular flexibility index (Phi) is 3.73. The fourth-order valence-electron chi connectivity index (χ4n) is 1.64. The standard InChI is InChI=1S/C13H12BrClS/c1-8-9(2)16-13(14)12(8)7-10-3-5-11(15)6-4-10/h3-6H,7H2,1-2H3. The zero-order valence-corrected chi connectivity index (χ0v) is 12.3. The Balaban J connectivity index is 2.30. The van der Waals surface area contributed by atoms with Gasteiger partial charge in [0.15, 0.2) is 0 Å². The maximum absolute atomic E-state index is 5.87. The van der Waals surface area contributed by atoms with Crippen LogP contribution in [0.25, 0.3) is 0 Å². The van der Waals surface area contributed by atoms with Crippen LogP contribution in [0.1, 0.15) is 21.6 Å². The van der Waals surface area contributed by atoms with Crippen molar-refractivity contribution in [3.8, 4) is 0 Å². The molecule has 0 nitrogen and oxygen atoms in total. The summed E-state index contributed by atoms with van der Waals surface area (Å²) >= 11 is 11.3. The van der Waals surface area contributed by atoms with Gasteiger partial charge in [-0.25, -0.2) is 0 Å². The van der Waals surface area contributed by atoms with E-state index in [1.165, 1.54) is 25.4 Å². The Hall–Kier alpha value is -0.310. The van der Waals surface area contributed by atoms with Gasteiger partial charge in [-0.05, 0) is 65.0 Å². The van der Waals surface area contributed by atoms with Crippen LogP contribution < -0.4 is 0 Å². The SMILES string of the molecule is Cc1sc(Br)c(Cc2ccc(Cl)cc2)c1C. The van der Waals surface area contributed by atoms with Gasteiger partial charge in [0.25, 0.3) is 0 Å². The molecule has 0 radical (unpaired) electrons. The Bertz CT molecular complexity index is 499. The molecule has 0 amide bonds. The van der Waals surface area contributed by atoms with E-state index in [4.69, 9.17) is 11.6 Å². The molecule has 0 atom stereocenters. The number of hydrogen-bond acceptors (Lipinski definition) is 1. The number of benzene rings is 1. The number of aryl methyl sites for hydroxylation is 1. The minimum atomic E-state index is 0.793. The molecular formula is C13H12BrClS. The van der Waals surface area contributed by atoms with Crippen LogP contribution in [0.2, 0.25) is 5.02 Å². The van der Waals surface area contributed by atoms with Gasteiger partial charge in [-0.2, -0.15) is 0 Å². The van der Waals surface area contributed by atoms with Crippen molar-refractivity contribution < 1.29 is 0 Å². The molecular weight excluding hydrogens is 304 g/mol. The maximum Gasteiger partial charge on any atom is 0.0739 e. The van der Waals surface area contributed by atoms with E-state index >= 15 is 0 Å². The Labute approximate surface area is 113 Å². The van der Waals surface area contributed by atoms with Crippen molar-refractivity contribution in [1.82, 2.24) is 0 Å². The van der Waals surface area contributed by atoms with Crippen LogP contribution in [0.3, 0.4) is 0 Å². The molecule has 0 unspecified atom stereocenters. The number of thiophene rings is 1. The van der Waals surface area contributed by atoms with Gasteiger partial charge in [-0.1, -0.05) is 23.7 Å². The second kappa shape index (κ2) is 4.91. The van der Waals surface area contributed by atoms with E-state index < -0.39 is 0 Å². The number of halogens is 2. The summed E-state index contributed by atoms with van der Waals surface area (Å²) in [5.41, 5.74) is 4.09. The largest absolute Gasteiger partial charge is 0.133 e. The summed E-state index contributed by atoms with van der Waals surface area (Å²) in [5.74, 6) is 0. The third kappa shape index (κ3) is 2.50. The van der Waals surface area contributed by atoms with Gasteiger partial charge in [-0.15, -0.1) is 11.3 Å². The summed E-state index contributed by atoms with van der Waals surface area (Å²) < 4.78 is 1.25. The summed E-state index contributed by atoms with van der Waals surface area (Å²) in [4.78, 5) is 1.39. The summed E-state index contributed by atoms with van der Waals surface area (Å²) in [5, 5.41) is 0.793. The van der Waals surface area contributed by atoms with Crippen molar-refractivity contribution >= 4 is 38.9 Å². The quantitative estimate of drug-likeness (QED) is 0.698. The second-order valence-electron chi connectivity index (χ2n) is 3.84. The van der Waals surface area contributed by atoms with Crippen LogP contribution in [-0.4, -0.2) is 0 Å². The number of hydrogen-bond donors (Lipinski definition) is 0. The molecule has 1 aromatic heterocycles. The molecule has 0 saturated carbocycles. The predicted molar refractivity (Wildman–Crippen MR) is 75.8 cm³/mol. The molecule has 2 rings (SSSR count). The van der Waals surface area contributed by atoms with E-state index in [0.29, 0.717) is 0 Å². The average molecular weight is 316 g/mol. The van der Waals surface area contributed by atoms with E-state index in [1.807, 2.05) is 23.5 Å². The first-order chi connectivity index (χ1) is 7.58. The highest BCUT2D eigenvalue weighted by molar-refractivity contribution is 9.11. The smallest absolute Gasteiger partial charge is 0.0739 e. The molecule has 1 aromatic carbocycles. The lowest BCUT2D eigenvalue weighted by molar-refractivity contribution is 1.16. The summed E-state index contributed by atoms with van der Waals surface area (Å²) in [6.45, 7) is 4.35. The molecule has 0 aliphatic heterocycles. The minimum Gasteiger partial charge on any atom is -0.133 e. The molecule has 84 valence electrons. The van der Waals surface area contributed by atoms with E-state index in [2.05, 4.69) is 41.9 Å². The molecule has 1 heterocycles. The maximum atomic E-state index is 5.87. The highest BCUT2D eigenvalue weighted by Gasteiger charge is 2.10. The molecule has 0 saturated heterocycles. The van der Waals surface area contributed by atoms with E-state index in [0.717, 1.165) is 11.4 Å². The van der Waals surface area contributed by atoms with Gasteiger partial charge < -0.3 is 0 Å². The predicted octanol–water partition coefficient (Wildman–Crippen LogP) is 5.37. The molecule has 2 aromatic rings. The molecule has 3 heteroatoms. The monoisotopic (exact) mass is 314 g/mol. The zero-order valence-electron chi connectivity index (χ0n) is 9.18. The summed E-state index contributed by atoms with van der Waals surface area (Å²) in [7, 11) is 0. The van der Waals surface area contributed by atoms with Crippen LogP contribution in [0.5, 0.6) is 0 Å². The molecule has 0 N–H and O–H groups in total. The molecule has 0 aliphatic carbocycles. The van der Waals surface area contributed by atoms with E-state index in [1.54, 1.807) is 0 Å². The summed E-state index contributed by atoms with van der Waals surface area (Å²) in [6.07, 6.45) is 0.966. The first-order valence-electron chi connectivity index (χ1n) is 5.06. The molecule has 0 fully saturated rings. The van der Waals surface area contributed by atoms with Crippen molar-refractivity contribution in [2.24, 2.45) is 0 Å². The Morgan fingerprint density at radius 2 is 1.81 bits per heavy atom. The minimum absolute atomic E-state index is 0.793. The fourth-order valence-corrected chi connectivity index (χ4v) is 3.83. The summed E-state index contributed by atoms with van der Waals surface area (Å²) in [6, 6.07) is 8.06. The van der Waals surface area contributed by atoms with Crippen LogP contribution in [0.15, 0.2) is 28.1 Å². The van der Waals surface area contributed by atoms with Gasteiger partial charge in [0.05, 0.1) is 3.79 Å². The lowest BCUT2D eigenvalue weighted by Crippen LogP contribution is -1.89. The van der Waals surface area contributed by atoms with Crippen molar-refractivity contribution in [2.45, 2.75) is 20.3 Å². The van der Waals surface area contributed by atoms with Crippen LogP contribution >= 0.6 is 38.9 Å². The van der Waals surface area contributed by atoms with Gasteiger partial charge in [0, 0.05) is 9.90 Å². The molecule has 0 aliphatic rings. The Morgan fingerprint density at radius 1 is 1.19 bits per heavy atom. The highest BCUT2D eigenvalue weighted by Crippen LogP contribution is 2.33. The van der Waals surface area contributed by atoms with Crippen molar-refractivity contribution in [3.05, 3.63) is 54.6 Å². The van der Waals surface area contributed by atoms with Gasteiger partial charge in [0.2, 0.25) is 0 Å². The lowest BCUT2D eigenvalue weighted by atomic mass is 10.0. The van der Waals surface area contributed by atoms with Crippen molar-refractivity contribution in [3.63, 3.8) is 0 Å². The normalized spacial score (nSPS) is 10.8. The van der Waals surface area contributed by atoms with Gasteiger partial charge in [0.1, 0.15) is 0 Å². The van der Waals surface area contributed by atoms with Crippen molar-refractivity contribution in [2.75, 3.05) is 0 Å². The van der Waals surface area contributed by atoms with Gasteiger partial charge in [-0.3, -0.25) is 0 Å². The van der Waals surface area contributed by atoms with Crippen LogP contribution in [0.4, 0.5) is 0 Å². The van der Waals surface area contributed by atoms with Crippen molar-refractivity contribution in [1.29, 1.82) is 0 Å². The third-order valence-corrected chi connectivity index (χ3v) is 5.01. The van der Waals surface area contributed by atoms with Crippen LogP contribution in [0, 0.1) is 13.8 Å². The topological polar surface area (TPSA) is 0 Å². The average Bonchev–Trinajstić information content (AvgIpc) is 2.48. The first-order valence-corrected chi connectivity index (χ1v) is 7.05. The first kappa shape index (κ1) is 12.2. The molecule has 16 heavy (non-hydrogen) atoms. The molecule has 0 bridgehead atoms. The Morgan fingerprint density at radius 3 is 2.31 bits per heavy atom. The van der Waals surface area contributed by atoms with Gasteiger partial charge >= 0.3 is 0 Å². The van der Waals surface area contributed by atoms with E-state index in [9.17, 15) is 0 Å². The van der Waals surface area contributed by atoms with E-state index in [-0.39, 0.29) is 0 Å². The molecule has 0 spiro atoms. The van der Waals surface area contributed by atoms with Crippen LogP contribution in [-0.2, 0) is 6.42 Å². The number of rotatable bonds is 2.